The number of guanidine groups is 1. The maximum atomic E-state index is 5.66. The SMILES string of the molecule is CN=C(NCCOc1ccccc1)NCc1ccc(-n2ccnc2C)nc1.I. The zero-order valence-corrected chi connectivity index (χ0v) is 18.3. The smallest absolute Gasteiger partial charge is 0.191 e. The Morgan fingerprint density at radius 2 is 1.93 bits per heavy atom. The quantitative estimate of drug-likeness (QED) is 0.230. The molecule has 0 atom stereocenters. The lowest BCUT2D eigenvalue weighted by Gasteiger charge is -2.13. The fraction of sp³-hybridized carbons (Fsp3) is 0.250. The summed E-state index contributed by atoms with van der Waals surface area (Å²) in [5, 5.41) is 6.51. The van der Waals surface area contributed by atoms with Gasteiger partial charge in [0, 0.05) is 32.2 Å². The van der Waals surface area contributed by atoms with Gasteiger partial charge in [-0.3, -0.25) is 9.56 Å². The number of aliphatic imine (C=N–C) groups is 1. The topological polar surface area (TPSA) is 76.4 Å². The van der Waals surface area contributed by atoms with Gasteiger partial charge in [0.1, 0.15) is 24.0 Å². The van der Waals surface area contributed by atoms with Gasteiger partial charge in [0.15, 0.2) is 5.96 Å². The maximum Gasteiger partial charge on any atom is 0.191 e. The molecule has 2 aromatic heterocycles. The van der Waals surface area contributed by atoms with E-state index in [1.54, 1.807) is 13.2 Å². The van der Waals surface area contributed by atoms with Gasteiger partial charge in [0.05, 0.1) is 6.54 Å². The van der Waals surface area contributed by atoms with Crippen molar-refractivity contribution in [1.29, 1.82) is 0 Å². The normalized spacial score (nSPS) is 10.9. The molecule has 3 rings (SSSR count). The molecule has 7 nitrogen and oxygen atoms in total. The Labute approximate surface area is 182 Å². The first-order valence-electron chi connectivity index (χ1n) is 8.84. The number of nitrogens with zero attached hydrogens (tertiary/aromatic N) is 4. The van der Waals surface area contributed by atoms with Crippen molar-refractivity contribution in [3.63, 3.8) is 0 Å². The molecule has 0 aliphatic rings. The average molecular weight is 492 g/mol. The van der Waals surface area contributed by atoms with E-state index in [9.17, 15) is 0 Å². The largest absolute Gasteiger partial charge is 0.492 e. The van der Waals surface area contributed by atoms with Crippen molar-refractivity contribution in [3.05, 3.63) is 72.4 Å². The van der Waals surface area contributed by atoms with E-state index in [1.807, 2.05) is 66.3 Å². The first kappa shape index (κ1) is 21.7. The highest BCUT2D eigenvalue weighted by Gasteiger charge is 2.03. The maximum absolute atomic E-state index is 5.66. The minimum Gasteiger partial charge on any atom is -0.492 e. The Kier molecular flexibility index (Phi) is 8.73. The van der Waals surface area contributed by atoms with Crippen molar-refractivity contribution in [2.45, 2.75) is 13.5 Å². The standard InChI is InChI=1S/C20H24N6O.HI/c1-16-22-10-12-26(16)19-9-8-17(14-24-19)15-25-20(21-2)23-11-13-27-18-6-4-3-5-7-18;/h3-10,12,14H,11,13,15H2,1-2H3,(H2,21,23,25);1H. The lowest BCUT2D eigenvalue weighted by molar-refractivity contribution is 0.322. The van der Waals surface area contributed by atoms with Crippen molar-refractivity contribution in [2.75, 3.05) is 20.2 Å². The van der Waals surface area contributed by atoms with Crippen LogP contribution < -0.4 is 15.4 Å². The molecule has 8 heteroatoms. The molecule has 2 N–H and O–H groups in total. The molecule has 0 unspecified atom stereocenters. The number of pyridine rings is 1. The van der Waals surface area contributed by atoms with Crippen LogP contribution in [0.3, 0.4) is 0 Å². The van der Waals surface area contributed by atoms with Crippen molar-refractivity contribution < 1.29 is 4.74 Å². The minimum absolute atomic E-state index is 0. The fourth-order valence-electron chi connectivity index (χ4n) is 2.55. The van der Waals surface area contributed by atoms with Crippen molar-refractivity contribution in [3.8, 4) is 11.6 Å². The summed E-state index contributed by atoms with van der Waals surface area (Å²) < 4.78 is 7.61. The first-order valence-corrected chi connectivity index (χ1v) is 8.84. The van der Waals surface area contributed by atoms with Crippen molar-refractivity contribution in [1.82, 2.24) is 25.2 Å². The molecular formula is C20H25IN6O. The van der Waals surface area contributed by atoms with E-state index in [2.05, 4.69) is 25.6 Å². The lowest BCUT2D eigenvalue weighted by Crippen LogP contribution is -2.38. The van der Waals surface area contributed by atoms with Gasteiger partial charge < -0.3 is 15.4 Å². The molecule has 2 heterocycles. The number of aromatic nitrogens is 3. The first-order chi connectivity index (χ1) is 13.3. The van der Waals surface area contributed by atoms with Gasteiger partial charge in [-0.05, 0) is 30.7 Å². The number of nitrogens with one attached hydrogen (secondary N) is 2. The van der Waals surface area contributed by atoms with E-state index >= 15 is 0 Å². The minimum atomic E-state index is 0. The number of halogens is 1. The number of para-hydroxylation sites is 1. The van der Waals surface area contributed by atoms with Crippen LogP contribution in [0.1, 0.15) is 11.4 Å². The summed E-state index contributed by atoms with van der Waals surface area (Å²) in [6, 6.07) is 13.8. The van der Waals surface area contributed by atoms with Crippen LogP contribution in [-0.2, 0) is 6.54 Å². The van der Waals surface area contributed by atoms with Gasteiger partial charge in [0.2, 0.25) is 0 Å². The predicted octanol–water partition coefficient (Wildman–Crippen LogP) is 2.94. The van der Waals surface area contributed by atoms with Crippen LogP contribution in [0.15, 0.2) is 66.0 Å². The summed E-state index contributed by atoms with van der Waals surface area (Å²) in [6.07, 6.45) is 5.52. The Hall–Kier alpha value is -2.62. The van der Waals surface area contributed by atoms with Gasteiger partial charge in [-0.15, -0.1) is 24.0 Å². The molecule has 0 fully saturated rings. The second-order valence-corrected chi connectivity index (χ2v) is 5.88. The molecule has 0 aliphatic carbocycles. The van der Waals surface area contributed by atoms with Crippen LogP contribution in [0.25, 0.3) is 5.82 Å². The highest BCUT2D eigenvalue weighted by Crippen LogP contribution is 2.08. The number of hydrogen-bond acceptors (Lipinski definition) is 4. The molecule has 148 valence electrons. The highest BCUT2D eigenvalue weighted by atomic mass is 127. The summed E-state index contributed by atoms with van der Waals surface area (Å²) in [5.41, 5.74) is 1.07. The van der Waals surface area contributed by atoms with Gasteiger partial charge in [0.25, 0.3) is 0 Å². The zero-order chi connectivity index (χ0) is 18.9. The van der Waals surface area contributed by atoms with Crippen LogP contribution >= 0.6 is 24.0 Å². The van der Waals surface area contributed by atoms with E-state index in [-0.39, 0.29) is 24.0 Å². The third-order valence-electron chi connectivity index (χ3n) is 3.97. The monoisotopic (exact) mass is 492 g/mol. The third kappa shape index (κ3) is 6.22. The molecule has 0 amide bonds. The van der Waals surface area contributed by atoms with E-state index < -0.39 is 0 Å². The Morgan fingerprint density at radius 3 is 2.57 bits per heavy atom. The fourth-order valence-corrected chi connectivity index (χ4v) is 2.55. The lowest BCUT2D eigenvalue weighted by atomic mass is 10.3. The number of aryl methyl sites for hydroxylation is 1. The van der Waals surface area contributed by atoms with Crippen LogP contribution in [0.5, 0.6) is 5.75 Å². The molecule has 0 saturated carbocycles. The number of benzene rings is 1. The second kappa shape index (κ2) is 11.3. The van der Waals surface area contributed by atoms with Gasteiger partial charge >= 0.3 is 0 Å². The van der Waals surface area contributed by atoms with E-state index in [0.29, 0.717) is 19.7 Å². The van der Waals surface area contributed by atoms with Crippen molar-refractivity contribution >= 4 is 29.9 Å². The van der Waals surface area contributed by atoms with Crippen molar-refractivity contribution in [2.24, 2.45) is 4.99 Å². The Balaban J connectivity index is 0.00000280. The van der Waals surface area contributed by atoms with Gasteiger partial charge in [-0.1, -0.05) is 24.3 Å². The van der Waals surface area contributed by atoms with Crippen LogP contribution in [0, 0.1) is 6.92 Å². The zero-order valence-electron chi connectivity index (χ0n) is 16.0. The summed E-state index contributed by atoms with van der Waals surface area (Å²) in [6.45, 7) is 3.81. The highest BCUT2D eigenvalue weighted by molar-refractivity contribution is 14.0. The van der Waals surface area contributed by atoms with Crippen LogP contribution in [0.4, 0.5) is 0 Å². The second-order valence-electron chi connectivity index (χ2n) is 5.88. The Bertz CT molecular complexity index is 864. The third-order valence-corrected chi connectivity index (χ3v) is 3.97. The predicted molar refractivity (Wildman–Crippen MR) is 122 cm³/mol. The van der Waals surface area contributed by atoms with E-state index in [4.69, 9.17) is 4.74 Å². The number of imidazole rings is 1. The summed E-state index contributed by atoms with van der Waals surface area (Å²) in [5.74, 6) is 3.35. The molecule has 0 spiro atoms. The molecule has 1 aromatic carbocycles. The molecule has 0 saturated heterocycles. The van der Waals surface area contributed by atoms with Crippen LogP contribution in [0.2, 0.25) is 0 Å². The van der Waals surface area contributed by atoms with Gasteiger partial charge in [-0.25, -0.2) is 9.97 Å². The summed E-state index contributed by atoms with van der Waals surface area (Å²) >= 11 is 0. The number of ether oxygens (including phenoxy) is 1. The van der Waals surface area contributed by atoms with E-state index in [0.717, 1.165) is 28.9 Å². The summed E-state index contributed by atoms with van der Waals surface area (Å²) in [4.78, 5) is 12.9. The van der Waals surface area contributed by atoms with Crippen LogP contribution in [-0.4, -0.2) is 40.7 Å². The molecule has 3 aromatic rings. The average Bonchev–Trinajstić information content (AvgIpc) is 3.14. The van der Waals surface area contributed by atoms with E-state index in [1.165, 1.54) is 0 Å². The number of hydrogen-bond donors (Lipinski definition) is 2. The molecule has 0 aliphatic heterocycles. The molecular weight excluding hydrogens is 467 g/mol. The number of rotatable bonds is 7. The Morgan fingerprint density at radius 1 is 1.11 bits per heavy atom. The molecule has 0 bridgehead atoms. The molecule has 0 radical (unpaired) electrons. The van der Waals surface area contributed by atoms with Gasteiger partial charge in [-0.2, -0.15) is 0 Å². The molecule has 28 heavy (non-hydrogen) atoms. The summed E-state index contributed by atoms with van der Waals surface area (Å²) in [7, 11) is 1.75.